The molecule has 2 aliphatic heterocycles. The molecule has 2 fully saturated rings. The Balaban J connectivity index is 1.54. The van der Waals surface area contributed by atoms with E-state index in [2.05, 4.69) is 5.32 Å². The lowest BCUT2D eigenvalue weighted by Gasteiger charge is -2.42. The Kier molecular flexibility index (Phi) is 4.16. The first kappa shape index (κ1) is 16.6. The summed E-state index contributed by atoms with van der Waals surface area (Å²) in [7, 11) is 0. The lowest BCUT2D eigenvalue weighted by Crippen LogP contribution is -2.62. The molecule has 1 aromatic carbocycles. The van der Waals surface area contributed by atoms with E-state index in [1.807, 2.05) is 0 Å². The molecule has 2 heterocycles. The van der Waals surface area contributed by atoms with Gasteiger partial charge in [-0.15, -0.1) is 0 Å². The Hall–Kier alpha value is -2.23. The molecular weight excluding hydrogens is 347 g/mol. The molecule has 0 aliphatic carbocycles. The van der Waals surface area contributed by atoms with Crippen LogP contribution in [0.2, 0.25) is 0 Å². The van der Waals surface area contributed by atoms with Crippen LogP contribution in [0, 0.1) is 0 Å². The number of benzene rings is 1. The number of urea groups is 1. The number of rotatable bonds is 2. The van der Waals surface area contributed by atoms with E-state index in [-0.39, 0.29) is 41.7 Å². The second-order valence-electron chi connectivity index (χ2n) is 5.38. The molecule has 0 saturated carbocycles. The fourth-order valence-corrected chi connectivity index (χ4v) is 3.22. The van der Waals surface area contributed by atoms with Crippen LogP contribution >= 0.6 is 11.8 Å². The number of amides is 4. The Bertz CT molecular complexity index is 671. The SMILES string of the molecule is O=C(Nc1ccc(C(F)(F)F)cc1)N1CC(N2C(=O)CSC2=O)C1. The van der Waals surface area contributed by atoms with Crippen molar-refractivity contribution in [3.05, 3.63) is 29.8 Å². The van der Waals surface area contributed by atoms with Gasteiger partial charge in [0.2, 0.25) is 5.91 Å². The minimum atomic E-state index is -4.43. The van der Waals surface area contributed by atoms with Crippen molar-refractivity contribution in [1.29, 1.82) is 0 Å². The number of carbonyl (C=O) groups excluding carboxylic acids is 3. The Morgan fingerprint density at radius 3 is 2.29 bits per heavy atom. The lowest BCUT2D eigenvalue weighted by molar-refractivity contribution is -0.137. The second kappa shape index (κ2) is 6.00. The van der Waals surface area contributed by atoms with Crippen molar-refractivity contribution in [2.45, 2.75) is 12.2 Å². The van der Waals surface area contributed by atoms with Gasteiger partial charge in [-0.1, -0.05) is 11.8 Å². The third kappa shape index (κ3) is 3.18. The standard InChI is InChI=1S/C14H12F3N3O3S/c15-14(16,17)8-1-3-9(4-2-8)18-12(22)19-5-10(6-19)20-11(21)7-24-13(20)23/h1-4,10H,5-7H2,(H,18,22). The van der Waals surface area contributed by atoms with E-state index in [0.29, 0.717) is 0 Å². The number of nitrogens with zero attached hydrogens (tertiary/aromatic N) is 2. The van der Waals surface area contributed by atoms with Crippen LogP contribution in [0.3, 0.4) is 0 Å². The topological polar surface area (TPSA) is 69.7 Å². The summed E-state index contributed by atoms with van der Waals surface area (Å²) in [6.45, 7) is 0.426. The van der Waals surface area contributed by atoms with Gasteiger partial charge in [-0.2, -0.15) is 13.2 Å². The van der Waals surface area contributed by atoms with Gasteiger partial charge in [0.05, 0.1) is 17.4 Å². The number of alkyl halides is 3. The van der Waals surface area contributed by atoms with Crippen LogP contribution < -0.4 is 5.32 Å². The highest BCUT2D eigenvalue weighted by atomic mass is 32.2. The van der Waals surface area contributed by atoms with Gasteiger partial charge in [0.25, 0.3) is 5.24 Å². The molecule has 0 radical (unpaired) electrons. The first-order valence-corrected chi connectivity index (χ1v) is 7.96. The zero-order valence-corrected chi connectivity index (χ0v) is 13.0. The molecule has 2 aliphatic rings. The lowest BCUT2D eigenvalue weighted by atomic mass is 10.1. The molecule has 0 unspecified atom stereocenters. The first-order chi connectivity index (χ1) is 11.3. The van der Waals surface area contributed by atoms with Gasteiger partial charge in [0, 0.05) is 18.8 Å². The predicted molar refractivity (Wildman–Crippen MR) is 80.5 cm³/mol. The normalized spacial score (nSPS) is 18.8. The van der Waals surface area contributed by atoms with Crippen molar-refractivity contribution in [2.24, 2.45) is 0 Å². The number of thioether (sulfide) groups is 1. The van der Waals surface area contributed by atoms with Crippen molar-refractivity contribution in [1.82, 2.24) is 9.80 Å². The van der Waals surface area contributed by atoms with Crippen molar-refractivity contribution >= 4 is 34.6 Å². The molecule has 0 atom stereocenters. The third-order valence-corrected chi connectivity index (χ3v) is 4.60. The number of carbonyl (C=O) groups is 3. The molecule has 128 valence electrons. The molecule has 3 rings (SSSR count). The van der Waals surface area contributed by atoms with Crippen LogP contribution in [-0.2, 0) is 11.0 Å². The minimum absolute atomic E-state index is 0.118. The molecule has 0 aromatic heterocycles. The highest BCUT2D eigenvalue weighted by molar-refractivity contribution is 8.14. The van der Waals surface area contributed by atoms with Crippen LogP contribution in [0.25, 0.3) is 0 Å². The molecule has 2 saturated heterocycles. The highest BCUT2D eigenvalue weighted by Crippen LogP contribution is 2.30. The van der Waals surface area contributed by atoms with Crippen LogP contribution in [0.15, 0.2) is 24.3 Å². The van der Waals surface area contributed by atoms with Gasteiger partial charge in [-0.25, -0.2) is 4.79 Å². The van der Waals surface area contributed by atoms with E-state index in [4.69, 9.17) is 0 Å². The molecule has 1 aromatic rings. The molecule has 0 bridgehead atoms. The van der Waals surface area contributed by atoms with E-state index in [1.54, 1.807) is 0 Å². The van der Waals surface area contributed by atoms with Gasteiger partial charge in [-0.05, 0) is 24.3 Å². The molecule has 0 spiro atoms. The zero-order valence-electron chi connectivity index (χ0n) is 12.2. The number of nitrogens with one attached hydrogen (secondary N) is 1. The van der Waals surface area contributed by atoms with Crippen LogP contribution in [0.1, 0.15) is 5.56 Å². The average molecular weight is 359 g/mol. The monoisotopic (exact) mass is 359 g/mol. The van der Waals surface area contributed by atoms with Crippen molar-refractivity contribution in [3.8, 4) is 0 Å². The fraction of sp³-hybridized carbons (Fsp3) is 0.357. The maximum atomic E-state index is 12.5. The number of hydrogen-bond donors (Lipinski definition) is 1. The quantitative estimate of drug-likeness (QED) is 0.881. The minimum Gasteiger partial charge on any atom is -0.320 e. The van der Waals surface area contributed by atoms with Gasteiger partial charge in [-0.3, -0.25) is 14.5 Å². The molecular formula is C14H12F3N3O3S. The van der Waals surface area contributed by atoms with Crippen molar-refractivity contribution < 1.29 is 27.6 Å². The number of likely N-dealkylation sites (tertiary alicyclic amines) is 1. The van der Waals surface area contributed by atoms with Crippen molar-refractivity contribution in [2.75, 3.05) is 24.2 Å². The zero-order chi connectivity index (χ0) is 17.5. The van der Waals surface area contributed by atoms with Gasteiger partial charge in [0.15, 0.2) is 0 Å². The number of halogens is 3. The summed E-state index contributed by atoms with van der Waals surface area (Å²) in [6.07, 6.45) is -4.43. The molecule has 10 heteroatoms. The van der Waals surface area contributed by atoms with Gasteiger partial charge < -0.3 is 10.2 Å². The van der Waals surface area contributed by atoms with E-state index < -0.39 is 17.8 Å². The fourth-order valence-electron chi connectivity index (χ4n) is 2.45. The Morgan fingerprint density at radius 1 is 1.17 bits per heavy atom. The smallest absolute Gasteiger partial charge is 0.320 e. The maximum Gasteiger partial charge on any atom is 0.416 e. The van der Waals surface area contributed by atoms with E-state index in [9.17, 15) is 27.6 Å². The predicted octanol–water partition coefficient (Wildman–Crippen LogP) is 2.62. The summed E-state index contributed by atoms with van der Waals surface area (Å²) in [5, 5.41) is 2.17. The molecule has 6 nitrogen and oxygen atoms in total. The molecule has 1 N–H and O–H groups in total. The largest absolute Gasteiger partial charge is 0.416 e. The van der Waals surface area contributed by atoms with E-state index in [1.165, 1.54) is 17.0 Å². The summed E-state index contributed by atoms with van der Waals surface area (Å²) in [5.74, 6) is -0.148. The number of imide groups is 1. The molecule has 4 amide bonds. The van der Waals surface area contributed by atoms with Crippen LogP contribution in [-0.4, -0.2) is 51.9 Å². The van der Waals surface area contributed by atoms with Crippen molar-refractivity contribution in [3.63, 3.8) is 0 Å². The van der Waals surface area contributed by atoms with Gasteiger partial charge in [0.1, 0.15) is 0 Å². The molecule has 24 heavy (non-hydrogen) atoms. The summed E-state index contributed by atoms with van der Waals surface area (Å²) in [4.78, 5) is 37.7. The highest BCUT2D eigenvalue weighted by Gasteiger charge is 2.43. The van der Waals surface area contributed by atoms with E-state index >= 15 is 0 Å². The maximum absolute atomic E-state index is 12.5. The third-order valence-electron chi connectivity index (χ3n) is 3.76. The van der Waals surface area contributed by atoms with Crippen LogP contribution in [0.4, 0.5) is 28.4 Å². The van der Waals surface area contributed by atoms with E-state index in [0.717, 1.165) is 28.8 Å². The summed E-state index contributed by atoms with van der Waals surface area (Å²) in [5.41, 5.74) is -0.562. The second-order valence-corrected chi connectivity index (χ2v) is 6.31. The number of hydrogen-bond acceptors (Lipinski definition) is 4. The Morgan fingerprint density at radius 2 is 1.79 bits per heavy atom. The Labute approximate surface area is 139 Å². The summed E-state index contributed by atoms with van der Waals surface area (Å²) >= 11 is 0.933. The number of anilines is 1. The summed E-state index contributed by atoms with van der Waals surface area (Å²) in [6, 6.07) is 3.28. The first-order valence-electron chi connectivity index (χ1n) is 6.98. The van der Waals surface area contributed by atoms with Crippen LogP contribution in [0.5, 0.6) is 0 Å². The summed E-state index contributed by atoms with van der Waals surface area (Å²) < 4.78 is 37.4. The average Bonchev–Trinajstić information content (AvgIpc) is 2.77. The van der Waals surface area contributed by atoms with Gasteiger partial charge >= 0.3 is 12.2 Å².